The highest BCUT2D eigenvalue weighted by Gasteiger charge is 2.29. The Hall–Kier alpha value is -2.18. The summed E-state index contributed by atoms with van der Waals surface area (Å²) >= 11 is 0. The van der Waals surface area contributed by atoms with E-state index in [-0.39, 0.29) is 0 Å². The molecule has 2 aromatic rings. The van der Waals surface area contributed by atoms with Crippen LogP contribution in [0, 0.1) is 5.92 Å². The summed E-state index contributed by atoms with van der Waals surface area (Å²) in [6.07, 6.45) is 4.04. The summed E-state index contributed by atoms with van der Waals surface area (Å²) in [4.78, 5) is 0. The lowest BCUT2D eigenvalue weighted by atomic mass is 9.87. The number of hydrogen-bond acceptors (Lipinski definition) is 1. The molecule has 2 aromatic carbocycles. The molecule has 0 bridgehead atoms. The minimum Gasteiger partial charge on any atom is -0.288 e. The molecular weight excluding hydrogens is 325 g/mol. The Morgan fingerprint density at radius 2 is 1.56 bits per heavy atom. The molecule has 3 rings (SSSR count). The highest BCUT2D eigenvalue weighted by Crippen LogP contribution is 2.46. The molecule has 2 nitrogen and oxygen atoms in total. The van der Waals surface area contributed by atoms with E-state index in [1.54, 1.807) is 0 Å². The fourth-order valence-electron chi connectivity index (χ4n) is 3.17. The number of rotatable bonds is 4. The van der Waals surface area contributed by atoms with Crippen LogP contribution >= 0.6 is 7.29 Å². The van der Waals surface area contributed by atoms with Gasteiger partial charge in [-0.25, -0.2) is 4.76 Å². The number of nitrogens with zero attached hydrogens (tertiary/aromatic N) is 1. The molecule has 1 unspecified atom stereocenters. The van der Waals surface area contributed by atoms with Crippen molar-refractivity contribution in [2.75, 3.05) is 0 Å². The third-order valence-corrected chi connectivity index (χ3v) is 7.03. The van der Waals surface area contributed by atoms with Crippen LogP contribution in [0.2, 0.25) is 0 Å². The van der Waals surface area contributed by atoms with Crippen LogP contribution in [0.1, 0.15) is 26.7 Å². The van der Waals surface area contributed by atoms with E-state index < -0.39 is 7.29 Å². The van der Waals surface area contributed by atoms with E-state index in [2.05, 4.69) is 19.6 Å². The summed E-state index contributed by atoms with van der Waals surface area (Å²) in [5, 5.41) is 1.54. The van der Waals surface area contributed by atoms with Gasteiger partial charge >= 0.3 is 0 Å². The largest absolute Gasteiger partial charge is 0.288 e. The molecule has 128 valence electrons. The van der Waals surface area contributed by atoms with E-state index in [1.165, 1.54) is 0 Å². The second-order valence-corrected chi connectivity index (χ2v) is 9.12. The van der Waals surface area contributed by atoms with Gasteiger partial charge in [0.2, 0.25) is 7.29 Å². The zero-order valence-corrected chi connectivity index (χ0v) is 15.7. The van der Waals surface area contributed by atoms with E-state index in [0.717, 1.165) is 40.3 Å². The molecule has 0 aromatic heterocycles. The van der Waals surface area contributed by atoms with Gasteiger partial charge in [0, 0.05) is 10.6 Å². The van der Waals surface area contributed by atoms with E-state index in [1.807, 2.05) is 67.6 Å². The summed E-state index contributed by atoms with van der Waals surface area (Å²) in [7, 11) is -3.09. The minimum absolute atomic E-state index is 0.502. The maximum Gasteiger partial charge on any atom is 0.247 e. The van der Waals surface area contributed by atoms with Gasteiger partial charge in [0.05, 0.1) is 5.71 Å². The van der Waals surface area contributed by atoms with E-state index in [9.17, 15) is 4.57 Å². The quantitative estimate of drug-likeness (QED) is 0.690. The Balaban J connectivity index is 2.19. The first-order chi connectivity index (χ1) is 12.0. The molecular formula is C22H24NOP. The average molecular weight is 349 g/mol. The second-order valence-electron chi connectivity index (χ2n) is 6.74. The molecule has 0 amide bonds. The molecule has 0 radical (unpaired) electrons. The fraction of sp³-hybridized carbons (Fsp3) is 0.227. The molecule has 25 heavy (non-hydrogen) atoms. The van der Waals surface area contributed by atoms with Crippen molar-refractivity contribution in [3.63, 3.8) is 0 Å². The molecule has 0 heterocycles. The summed E-state index contributed by atoms with van der Waals surface area (Å²) in [5.41, 5.74) is 2.96. The monoisotopic (exact) mass is 349 g/mol. The van der Waals surface area contributed by atoms with Crippen molar-refractivity contribution in [2.24, 2.45) is 10.7 Å². The molecule has 0 fully saturated rings. The topological polar surface area (TPSA) is 29.4 Å². The molecule has 1 atom stereocenters. The van der Waals surface area contributed by atoms with Gasteiger partial charge in [-0.15, -0.1) is 0 Å². The molecule has 0 spiro atoms. The summed E-state index contributed by atoms with van der Waals surface area (Å²) in [6, 6.07) is 19.2. The van der Waals surface area contributed by atoms with Gasteiger partial charge in [-0.3, -0.25) is 4.57 Å². The first-order valence-corrected chi connectivity index (χ1v) is 10.3. The summed E-state index contributed by atoms with van der Waals surface area (Å²) in [6.45, 7) is 8.29. The van der Waals surface area contributed by atoms with Crippen LogP contribution in [0.3, 0.4) is 0 Å². The van der Waals surface area contributed by atoms with Gasteiger partial charge in [-0.1, -0.05) is 56.0 Å². The van der Waals surface area contributed by atoms with Crippen LogP contribution in [-0.2, 0) is 4.57 Å². The number of benzene rings is 2. The Morgan fingerprint density at radius 3 is 2.04 bits per heavy atom. The third-order valence-electron chi connectivity index (χ3n) is 4.51. The smallest absolute Gasteiger partial charge is 0.247 e. The second kappa shape index (κ2) is 7.37. The van der Waals surface area contributed by atoms with Gasteiger partial charge < -0.3 is 0 Å². The fourth-order valence-corrected chi connectivity index (χ4v) is 5.38. The van der Waals surface area contributed by atoms with Crippen molar-refractivity contribution in [1.29, 1.82) is 0 Å². The van der Waals surface area contributed by atoms with Crippen molar-refractivity contribution >= 4 is 23.6 Å². The first-order valence-electron chi connectivity index (χ1n) is 8.67. The van der Waals surface area contributed by atoms with Crippen LogP contribution in [0.4, 0.5) is 0 Å². The van der Waals surface area contributed by atoms with Crippen LogP contribution in [-0.4, -0.2) is 5.71 Å². The molecule has 3 heteroatoms. The van der Waals surface area contributed by atoms with Crippen LogP contribution < -0.4 is 10.6 Å². The molecule has 0 saturated heterocycles. The Kier molecular flexibility index (Phi) is 5.20. The molecule has 0 N–H and O–H groups in total. The van der Waals surface area contributed by atoms with Crippen LogP contribution in [0.5, 0.6) is 0 Å². The zero-order chi connectivity index (χ0) is 17.9. The zero-order valence-electron chi connectivity index (χ0n) is 14.9. The van der Waals surface area contributed by atoms with Gasteiger partial charge in [0.1, 0.15) is 0 Å². The maximum absolute atomic E-state index is 14.1. The predicted octanol–water partition coefficient (Wildman–Crippen LogP) is 5.29. The summed E-state index contributed by atoms with van der Waals surface area (Å²) < 4.78 is 19.0. The molecule has 1 aliphatic rings. The summed E-state index contributed by atoms with van der Waals surface area (Å²) in [5.74, 6) is 0.502. The lowest BCUT2D eigenvalue weighted by molar-refractivity contribution is 0.586. The van der Waals surface area contributed by atoms with Crippen molar-refractivity contribution in [1.82, 2.24) is 0 Å². The normalized spacial score (nSPS) is 19.5. The standard InChI is InChI=1S/C22H24NOP/c1-17(2)21-15-14-18(3)16-22(21)23-25(24,19-10-6-4-7-11-19)20-12-8-5-9-13-20/h4-13,15,18H,1,14,16H2,2-3H3/b23-22+. The number of allylic oxidation sites excluding steroid dienone is 3. The maximum atomic E-state index is 14.1. The van der Waals surface area contributed by atoms with Crippen LogP contribution in [0.15, 0.2) is 89.2 Å². The van der Waals surface area contributed by atoms with Crippen LogP contribution in [0.25, 0.3) is 0 Å². The highest BCUT2D eigenvalue weighted by atomic mass is 31.2. The van der Waals surface area contributed by atoms with Crippen molar-refractivity contribution < 1.29 is 4.57 Å². The van der Waals surface area contributed by atoms with Gasteiger partial charge in [-0.05, 0) is 61.1 Å². The lowest BCUT2D eigenvalue weighted by Gasteiger charge is -2.24. The highest BCUT2D eigenvalue weighted by molar-refractivity contribution is 7.77. The average Bonchev–Trinajstić information content (AvgIpc) is 2.63. The third kappa shape index (κ3) is 3.75. The Bertz CT molecular complexity index is 822. The van der Waals surface area contributed by atoms with E-state index in [0.29, 0.717) is 5.92 Å². The number of hydrogen-bond donors (Lipinski definition) is 0. The predicted molar refractivity (Wildman–Crippen MR) is 108 cm³/mol. The SMILES string of the molecule is C=C(C)C1=CCC(C)C/C1=N\P(=O)(c1ccccc1)c1ccccc1. The minimum atomic E-state index is -3.09. The molecule has 1 aliphatic carbocycles. The van der Waals surface area contributed by atoms with Crippen molar-refractivity contribution in [3.05, 3.63) is 84.5 Å². The van der Waals surface area contributed by atoms with E-state index in [4.69, 9.17) is 4.76 Å². The molecule has 0 saturated carbocycles. The van der Waals surface area contributed by atoms with Crippen molar-refractivity contribution in [3.8, 4) is 0 Å². The molecule has 0 aliphatic heterocycles. The van der Waals surface area contributed by atoms with Gasteiger partial charge in [-0.2, -0.15) is 0 Å². The first kappa shape index (κ1) is 17.6. The van der Waals surface area contributed by atoms with Gasteiger partial charge in [0.25, 0.3) is 0 Å². The van der Waals surface area contributed by atoms with E-state index >= 15 is 0 Å². The van der Waals surface area contributed by atoms with Gasteiger partial charge in [0.15, 0.2) is 0 Å². The lowest BCUT2D eigenvalue weighted by Crippen LogP contribution is -2.19. The Morgan fingerprint density at radius 1 is 1.04 bits per heavy atom. The van der Waals surface area contributed by atoms with Crippen molar-refractivity contribution in [2.45, 2.75) is 26.7 Å². The Labute approximate surface area is 150 Å².